The zero-order valence-corrected chi connectivity index (χ0v) is 9.07. The van der Waals surface area contributed by atoms with Gasteiger partial charge in [-0.3, -0.25) is 0 Å². The molecule has 0 unspecified atom stereocenters. The summed E-state index contributed by atoms with van der Waals surface area (Å²) in [4.78, 5) is 2.56. The lowest BCUT2D eigenvalue weighted by Gasteiger charge is -2.21. The Balaban J connectivity index is 2.10. The third-order valence-electron chi connectivity index (χ3n) is 2.73. The highest BCUT2D eigenvalue weighted by Gasteiger charge is 2.12. The fourth-order valence-electron chi connectivity index (χ4n) is 1.96. The molecule has 0 radical (unpaired) electrons. The molecule has 0 aromatic carbocycles. The van der Waals surface area contributed by atoms with Crippen molar-refractivity contribution in [2.45, 2.75) is 32.6 Å². The second-order valence-electron chi connectivity index (χ2n) is 3.81. The maximum Gasteiger partial charge on any atom is 0.0938 e. The van der Waals surface area contributed by atoms with E-state index in [1.54, 1.807) is 0 Å². The molecule has 1 saturated heterocycles. The van der Waals surface area contributed by atoms with E-state index in [4.69, 9.17) is 0 Å². The molecule has 0 bridgehead atoms. The summed E-state index contributed by atoms with van der Waals surface area (Å²) in [6.45, 7) is 4.75. The van der Waals surface area contributed by atoms with Crippen LogP contribution < -0.4 is 4.90 Å². The highest BCUT2D eigenvalue weighted by molar-refractivity contribution is 7.14. The fraction of sp³-hybridized carbons (Fsp3) is 0.636. The van der Waals surface area contributed by atoms with E-state index in [0.717, 1.165) is 0 Å². The van der Waals surface area contributed by atoms with E-state index in [9.17, 15) is 0 Å². The topological polar surface area (TPSA) is 3.24 Å². The molecule has 2 rings (SSSR count). The van der Waals surface area contributed by atoms with Gasteiger partial charge in [-0.25, -0.2) is 0 Å². The molecule has 1 nitrogen and oxygen atoms in total. The summed E-state index contributed by atoms with van der Waals surface area (Å²) in [5, 5.41) is 3.71. The summed E-state index contributed by atoms with van der Waals surface area (Å²) in [7, 11) is 0. The first kappa shape index (κ1) is 9.07. The molecule has 0 atom stereocenters. The lowest BCUT2D eigenvalue weighted by Crippen LogP contribution is -2.23. The van der Waals surface area contributed by atoms with Gasteiger partial charge in [0.2, 0.25) is 0 Å². The molecule has 72 valence electrons. The van der Waals surface area contributed by atoms with Gasteiger partial charge in [-0.05, 0) is 36.8 Å². The molecule has 1 aliphatic rings. The van der Waals surface area contributed by atoms with Crippen molar-refractivity contribution >= 4 is 16.3 Å². The molecule has 0 amide bonds. The summed E-state index contributed by atoms with van der Waals surface area (Å²) in [6.07, 6.45) is 5.58. The van der Waals surface area contributed by atoms with Gasteiger partial charge in [-0.2, -0.15) is 0 Å². The van der Waals surface area contributed by atoms with Crippen LogP contribution in [0.2, 0.25) is 0 Å². The van der Waals surface area contributed by atoms with Gasteiger partial charge in [-0.15, -0.1) is 11.3 Å². The Hall–Kier alpha value is -0.500. The Kier molecular flexibility index (Phi) is 2.89. The third-order valence-corrected chi connectivity index (χ3v) is 3.80. The van der Waals surface area contributed by atoms with E-state index < -0.39 is 0 Å². The molecule has 1 aromatic rings. The van der Waals surface area contributed by atoms with Crippen LogP contribution in [0.4, 0.5) is 5.00 Å². The van der Waals surface area contributed by atoms with Gasteiger partial charge < -0.3 is 4.90 Å². The van der Waals surface area contributed by atoms with Crippen molar-refractivity contribution in [3.63, 3.8) is 0 Å². The van der Waals surface area contributed by atoms with Crippen LogP contribution in [-0.4, -0.2) is 13.1 Å². The van der Waals surface area contributed by atoms with E-state index >= 15 is 0 Å². The van der Waals surface area contributed by atoms with Crippen molar-refractivity contribution in [3.8, 4) is 0 Å². The van der Waals surface area contributed by atoms with E-state index in [2.05, 4.69) is 23.3 Å². The number of rotatable bonds is 1. The van der Waals surface area contributed by atoms with Crippen LogP contribution in [0.25, 0.3) is 0 Å². The van der Waals surface area contributed by atoms with Gasteiger partial charge >= 0.3 is 0 Å². The van der Waals surface area contributed by atoms with Gasteiger partial charge in [0.25, 0.3) is 0 Å². The van der Waals surface area contributed by atoms with Crippen molar-refractivity contribution in [2.24, 2.45) is 0 Å². The highest BCUT2D eigenvalue weighted by Crippen LogP contribution is 2.28. The van der Waals surface area contributed by atoms with Crippen LogP contribution in [0.5, 0.6) is 0 Å². The highest BCUT2D eigenvalue weighted by atomic mass is 32.1. The first-order chi connectivity index (χ1) is 6.38. The first-order valence-electron chi connectivity index (χ1n) is 5.17. The minimum absolute atomic E-state index is 1.27. The Morgan fingerprint density at radius 2 is 1.85 bits per heavy atom. The van der Waals surface area contributed by atoms with Gasteiger partial charge in [-0.1, -0.05) is 12.8 Å². The average molecular weight is 195 g/mol. The second-order valence-corrected chi connectivity index (χ2v) is 4.70. The molecular formula is C11H17NS. The molecule has 0 spiro atoms. The number of anilines is 1. The smallest absolute Gasteiger partial charge is 0.0938 e. The zero-order chi connectivity index (χ0) is 9.10. The van der Waals surface area contributed by atoms with E-state index in [1.165, 1.54) is 49.3 Å². The van der Waals surface area contributed by atoms with E-state index in [0.29, 0.717) is 0 Å². The fourth-order valence-corrected chi connectivity index (χ4v) is 2.95. The molecule has 0 aliphatic carbocycles. The van der Waals surface area contributed by atoms with Crippen LogP contribution in [0.15, 0.2) is 11.4 Å². The molecule has 1 fully saturated rings. The molecule has 2 heterocycles. The quantitative estimate of drug-likeness (QED) is 0.663. The standard InChI is InChI=1S/C11H17NS/c1-10-6-9-13-11(10)12-7-4-2-3-5-8-12/h6,9H,2-5,7-8H2,1H3. The van der Waals surface area contributed by atoms with Gasteiger partial charge in [0.05, 0.1) is 5.00 Å². The van der Waals surface area contributed by atoms with Gasteiger partial charge in [0.1, 0.15) is 0 Å². The number of hydrogen-bond acceptors (Lipinski definition) is 2. The van der Waals surface area contributed by atoms with Crippen molar-refractivity contribution < 1.29 is 0 Å². The van der Waals surface area contributed by atoms with Crippen LogP contribution >= 0.6 is 11.3 Å². The normalized spacial score (nSPS) is 18.7. The SMILES string of the molecule is Cc1ccsc1N1CCCCCC1. The summed E-state index contributed by atoms with van der Waals surface area (Å²) < 4.78 is 0. The van der Waals surface area contributed by atoms with Crippen molar-refractivity contribution in [1.29, 1.82) is 0 Å². The van der Waals surface area contributed by atoms with Gasteiger partial charge in [0.15, 0.2) is 0 Å². The largest absolute Gasteiger partial charge is 0.363 e. The Morgan fingerprint density at radius 1 is 1.15 bits per heavy atom. The maximum absolute atomic E-state index is 2.56. The maximum atomic E-state index is 2.56. The number of thiophene rings is 1. The lowest BCUT2D eigenvalue weighted by atomic mass is 10.2. The summed E-state index contributed by atoms with van der Waals surface area (Å²) in [5.74, 6) is 0. The summed E-state index contributed by atoms with van der Waals surface area (Å²) in [6, 6.07) is 2.23. The molecule has 2 heteroatoms. The Bertz CT molecular complexity index is 259. The molecule has 1 aromatic heterocycles. The summed E-state index contributed by atoms with van der Waals surface area (Å²) in [5.41, 5.74) is 1.45. The van der Waals surface area contributed by atoms with Crippen molar-refractivity contribution in [1.82, 2.24) is 0 Å². The number of aryl methyl sites for hydroxylation is 1. The first-order valence-corrected chi connectivity index (χ1v) is 6.05. The van der Waals surface area contributed by atoms with Crippen LogP contribution in [-0.2, 0) is 0 Å². The summed E-state index contributed by atoms with van der Waals surface area (Å²) >= 11 is 1.89. The second kappa shape index (κ2) is 4.14. The average Bonchev–Trinajstić information content (AvgIpc) is 2.43. The molecule has 0 saturated carbocycles. The number of hydrogen-bond donors (Lipinski definition) is 0. The number of nitrogens with zero attached hydrogens (tertiary/aromatic N) is 1. The zero-order valence-electron chi connectivity index (χ0n) is 8.25. The minimum Gasteiger partial charge on any atom is -0.363 e. The molecule has 0 N–H and O–H groups in total. The van der Waals surface area contributed by atoms with Crippen LogP contribution in [0.3, 0.4) is 0 Å². The van der Waals surface area contributed by atoms with Crippen LogP contribution in [0, 0.1) is 6.92 Å². The lowest BCUT2D eigenvalue weighted by molar-refractivity contribution is 0.726. The monoisotopic (exact) mass is 195 g/mol. The predicted molar refractivity (Wildman–Crippen MR) is 59.7 cm³/mol. The van der Waals surface area contributed by atoms with Crippen molar-refractivity contribution in [3.05, 3.63) is 17.0 Å². The Morgan fingerprint density at radius 3 is 2.38 bits per heavy atom. The third kappa shape index (κ3) is 2.05. The molecule has 1 aliphatic heterocycles. The van der Waals surface area contributed by atoms with E-state index in [1.807, 2.05) is 11.3 Å². The molecule has 13 heavy (non-hydrogen) atoms. The minimum atomic E-state index is 1.27. The van der Waals surface area contributed by atoms with Crippen LogP contribution in [0.1, 0.15) is 31.2 Å². The van der Waals surface area contributed by atoms with E-state index in [-0.39, 0.29) is 0 Å². The molecular weight excluding hydrogens is 178 g/mol. The van der Waals surface area contributed by atoms with Crippen molar-refractivity contribution in [2.75, 3.05) is 18.0 Å². The Labute approximate surface area is 84.4 Å². The predicted octanol–water partition coefficient (Wildman–Crippen LogP) is 3.44. The van der Waals surface area contributed by atoms with Gasteiger partial charge in [0, 0.05) is 13.1 Å².